The molecule has 2 rings (SSSR count). The summed E-state index contributed by atoms with van der Waals surface area (Å²) >= 11 is 0. The van der Waals surface area contributed by atoms with Crippen molar-refractivity contribution in [3.63, 3.8) is 0 Å². The van der Waals surface area contributed by atoms with Gasteiger partial charge in [-0.2, -0.15) is 0 Å². The van der Waals surface area contributed by atoms with Gasteiger partial charge in [-0.3, -0.25) is 0 Å². The average molecular weight is 305 g/mol. The Balaban J connectivity index is 0.000000789. The molecule has 0 heteroatoms. The molecule has 0 bridgehead atoms. The fraction of sp³-hybridized carbons (Fsp3) is 0.727. The predicted molar refractivity (Wildman–Crippen MR) is 102 cm³/mol. The third-order valence-electron chi connectivity index (χ3n) is 4.31. The van der Waals surface area contributed by atoms with E-state index in [1.807, 2.05) is 13.8 Å². The Morgan fingerprint density at radius 1 is 0.864 bits per heavy atom. The number of unbranched alkanes of at least 4 members (excludes halogenated alkanes) is 1. The normalized spacial score (nSPS) is 20.2. The summed E-state index contributed by atoms with van der Waals surface area (Å²) in [5.74, 6) is 2.04. The summed E-state index contributed by atoms with van der Waals surface area (Å²) in [5, 5.41) is 0. The predicted octanol–water partition coefficient (Wildman–Crippen LogP) is 7.67. The fourth-order valence-corrected chi connectivity index (χ4v) is 3.02. The smallest absolute Gasteiger partial charge is 0.0279 e. The van der Waals surface area contributed by atoms with Crippen LogP contribution in [-0.2, 0) is 6.42 Å². The molecule has 22 heavy (non-hydrogen) atoms. The molecule has 0 N–H and O–H groups in total. The molecule has 0 heterocycles. The maximum absolute atomic E-state index is 2.41. The second-order valence-corrected chi connectivity index (χ2v) is 6.56. The van der Waals surface area contributed by atoms with Crippen LogP contribution in [-0.4, -0.2) is 0 Å². The van der Waals surface area contributed by atoms with Gasteiger partial charge in [0.2, 0.25) is 0 Å². The van der Waals surface area contributed by atoms with Crippen LogP contribution in [0.3, 0.4) is 0 Å². The van der Waals surface area contributed by atoms with Gasteiger partial charge in [0.05, 0.1) is 0 Å². The van der Waals surface area contributed by atoms with Gasteiger partial charge in [-0.1, -0.05) is 110 Å². The van der Waals surface area contributed by atoms with Gasteiger partial charge < -0.3 is 0 Å². The zero-order valence-electron chi connectivity index (χ0n) is 15.9. The minimum Gasteiger partial charge on any atom is -0.0683 e. The van der Waals surface area contributed by atoms with Crippen molar-refractivity contribution in [1.29, 1.82) is 0 Å². The largest absolute Gasteiger partial charge is 0.0683 e. The van der Waals surface area contributed by atoms with E-state index in [2.05, 4.69) is 51.1 Å². The topological polar surface area (TPSA) is 0 Å². The Hall–Kier alpha value is -0.780. The van der Waals surface area contributed by atoms with Crippen LogP contribution in [0, 0.1) is 11.8 Å². The number of benzene rings is 1. The molecule has 1 saturated carbocycles. The van der Waals surface area contributed by atoms with Crippen molar-refractivity contribution >= 4 is 0 Å². The summed E-state index contributed by atoms with van der Waals surface area (Å²) in [6.07, 6.45) is 12.7. The molecule has 0 unspecified atom stereocenters. The lowest BCUT2D eigenvalue weighted by molar-refractivity contribution is 0.272. The summed E-state index contributed by atoms with van der Waals surface area (Å²) in [4.78, 5) is 0. The highest BCUT2D eigenvalue weighted by atomic mass is 14.2. The maximum Gasteiger partial charge on any atom is -0.0279 e. The second-order valence-electron chi connectivity index (χ2n) is 6.56. The first kappa shape index (κ1) is 21.2. The molecule has 0 nitrogen and oxygen atoms in total. The molecule has 128 valence electrons. The van der Waals surface area contributed by atoms with E-state index in [0.717, 1.165) is 11.8 Å². The molecule has 0 atom stereocenters. The molecule has 0 saturated heterocycles. The number of hydrogen-bond acceptors (Lipinski definition) is 0. The Morgan fingerprint density at radius 3 is 1.95 bits per heavy atom. The first-order valence-electron chi connectivity index (χ1n) is 9.80. The molecular weight excluding hydrogens is 264 g/mol. The van der Waals surface area contributed by atoms with Gasteiger partial charge >= 0.3 is 0 Å². The van der Waals surface area contributed by atoms with Gasteiger partial charge in [-0.05, 0) is 30.2 Å². The van der Waals surface area contributed by atoms with Gasteiger partial charge in [0, 0.05) is 0 Å². The van der Waals surface area contributed by atoms with E-state index in [1.54, 1.807) is 0 Å². The van der Waals surface area contributed by atoms with Crippen LogP contribution in [0.15, 0.2) is 30.3 Å². The third kappa shape index (κ3) is 10.9. The lowest BCUT2D eigenvalue weighted by Crippen LogP contribution is -2.12. The Kier molecular flexibility index (Phi) is 14.6. The first-order chi connectivity index (χ1) is 10.8. The van der Waals surface area contributed by atoms with E-state index in [0.29, 0.717) is 0 Å². The molecule has 1 aliphatic carbocycles. The minimum atomic E-state index is 0.996. The zero-order valence-corrected chi connectivity index (χ0v) is 15.9. The molecule has 0 aromatic heterocycles. The molecule has 0 amide bonds. The average Bonchev–Trinajstić information content (AvgIpc) is 2.57. The van der Waals surface area contributed by atoms with Crippen molar-refractivity contribution in [3.8, 4) is 0 Å². The summed E-state index contributed by atoms with van der Waals surface area (Å²) < 4.78 is 0. The highest BCUT2D eigenvalue weighted by Gasteiger charge is 2.17. The van der Waals surface area contributed by atoms with Crippen molar-refractivity contribution in [3.05, 3.63) is 35.9 Å². The van der Waals surface area contributed by atoms with Gasteiger partial charge in [-0.15, -0.1) is 0 Å². The highest BCUT2D eigenvalue weighted by Crippen LogP contribution is 2.31. The minimum absolute atomic E-state index is 0.996. The standard InChI is InChI=1S/C17H26.C3H8.C2H6/c1-15-11-13-17(14-12-15)10-6-5-9-16-7-3-2-4-8-16;1-3-2;1-2/h2-4,7-8,15,17H,5-6,9-14H2,1H3;3H2,1-2H3;1-2H3. The molecule has 1 fully saturated rings. The van der Waals surface area contributed by atoms with Crippen LogP contribution in [0.5, 0.6) is 0 Å². The highest BCUT2D eigenvalue weighted by molar-refractivity contribution is 5.14. The van der Waals surface area contributed by atoms with Crippen molar-refractivity contribution in [2.75, 3.05) is 0 Å². The van der Waals surface area contributed by atoms with Crippen molar-refractivity contribution in [2.24, 2.45) is 11.8 Å². The lowest BCUT2D eigenvalue weighted by Gasteiger charge is -2.26. The van der Waals surface area contributed by atoms with Crippen molar-refractivity contribution in [2.45, 2.75) is 92.4 Å². The van der Waals surface area contributed by atoms with Crippen LogP contribution in [0.25, 0.3) is 0 Å². The van der Waals surface area contributed by atoms with E-state index in [-0.39, 0.29) is 0 Å². The SMILES string of the molecule is CC.CC1CCC(CCCCc2ccccc2)CC1.CCC. The molecule has 1 aromatic carbocycles. The number of hydrogen-bond donors (Lipinski definition) is 0. The van der Waals surface area contributed by atoms with Crippen LogP contribution < -0.4 is 0 Å². The van der Waals surface area contributed by atoms with E-state index >= 15 is 0 Å². The molecular formula is C22H40. The summed E-state index contributed by atoms with van der Waals surface area (Å²) in [6.45, 7) is 10.7. The molecule has 1 aliphatic rings. The monoisotopic (exact) mass is 304 g/mol. The molecule has 1 aromatic rings. The third-order valence-corrected chi connectivity index (χ3v) is 4.31. The van der Waals surface area contributed by atoms with E-state index in [4.69, 9.17) is 0 Å². The first-order valence-corrected chi connectivity index (χ1v) is 9.80. The number of rotatable bonds is 5. The van der Waals surface area contributed by atoms with Gasteiger partial charge in [0.1, 0.15) is 0 Å². The molecule has 0 spiro atoms. The lowest BCUT2D eigenvalue weighted by atomic mass is 9.80. The summed E-state index contributed by atoms with van der Waals surface area (Å²) in [6, 6.07) is 10.9. The van der Waals surface area contributed by atoms with E-state index in [9.17, 15) is 0 Å². The maximum atomic E-state index is 2.41. The van der Waals surface area contributed by atoms with E-state index in [1.165, 1.54) is 63.4 Å². The van der Waals surface area contributed by atoms with Gasteiger partial charge in [-0.25, -0.2) is 0 Å². The molecule has 0 aliphatic heterocycles. The van der Waals surface area contributed by atoms with Crippen molar-refractivity contribution < 1.29 is 0 Å². The van der Waals surface area contributed by atoms with Crippen molar-refractivity contribution in [1.82, 2.24) is 0 Å². The molecule has 0 radical (unpaired) electrons. The van der Waals surface area contributed by atoms with Crippen LogP contribution in [0.4, 0.5) is 0 Å². The quantitative estimate of drug-likeness (QED) is 0.489. The van der Waals surface area contributed by atoms with E-state index < -0.39 is 0 Å². The Labute approximate surface area is 140 Å². The van der Waals surface area contributed by atoms with Gasteiger partial charge in [0.15, 0.2) is 0 Å². The van der Waals surface area contributed by atoms with Crippen LogP contribution in [0.2, 0.25) is 0 Å². The zero-order chi connectivity index (χ0) is 16.6. The fourth-order valence-electron chi connectivity index (χ4n) is 3.02. The Bertz CT molecular complexity index is 306. The summed E-state index contributed by atoms with van der Waals surface area (Å²) in [5.41, 5.74) is 1.50. The number of aryl methyl sites for hydroxylation is 1. The van der Waals surface area contributed by atoms with Crippen LogP contribution in [0.1, 0.15) is 91.5 Å². The second kappa shape index (κ2) is 15.1. The van der Waals surface area contributed by atoms with Gasteiger partial charge in [0.25, 0.3) is 0 Å². The summed E-state index contributed by atoms with van der Waals surface area (Å²) in [7, 11) is 0. The Morgan fingerprint density at radius 2 is 1.41 bits per heavy atom. The van der Waals surface area contributed by atoms with Crippen LogP contribution >= 0.6 is 0 Å².